The number of rotatable bonds is 7. The van der Waals surface area contributed by atoms with Gasteiger partial charge in [-0.3, -0.25) is 9.52 Å². The van der Waals surface area contributed by atoms with Crippen molar-refractivity contribution >= 4 is 27.3 Å². The molecule has 0 spiro atoms. The van der Waals surface area contributed by atoms with E-state index in [2.05, 4.69) is 10.0 Å². The molecule has 0 saturated heterocycles. The first-order valence-corrected chi connectivity index (χ1v) is 10.5. The summed E-state index contributed by atoms with van der Waals surface area (Å²) < 4.78 is 33.1. The second kappa shape index (κ2) is 8.79. The summed E-state index contributed by atoms with van der Waals surface area (Å²) >= 11 is 0. The molecule has 0 bridgehead atoms. The molecule has 3 aromatic carbocycles. The molecule has 0 saturated carbocycles. The molecule has 0 aromatic heterocycles. The number of hydrogen-bond donors (Lipinski definition) is 2. The minimum atomic E-state index is -3.71. The van der Waals surface area contributed by atoms with Crippen molar-refractivity contribution in [1.29, 1.82) is 0 Å². The van der Waals surface area contributed by atoms with Gasteiger partial charge < -0.3 is 10.1 Å². The van der Waals surface area contributed by atoms with Crippen molar-refractivity contribution in [3.05, 3.63) is 84.4 Å². The van der Waals surface area contributed by atoms with Gasteiger partial charge in [-0.15, -0.1) is 0 Å². The van der Waals surface area contributed by atoms with Crippen molar-refractivity contribution in [2.45, 2.75) is 24.8 Å². The Morgan fingerprint density at radius 2 is 1.48 bits per heavy atom. The van der Waals surface area contributed by atoms with Crippen LogP contribution in [0, 0.1) is 6.92 Å². The maximum absolute atomic E-state index is 12.5. The zero-order chi connectivity index (χ0) is 20.9. The molecule has 7 heteroatoms. The van der Waals surface area contributed by atoms with Gasteiger partial charge in [0.15, 0.2) is 6.10 Å². The van der Waals surface area contributed by atoms with Gasteiger partial charge in [-0.2, -0.15) is 0 Å². The number of hydrogen-bond acceptors (Lipinski definition) is 4. The second-order valence-corrected chi connectivity index (χ2v) is 8.19. The first kappa shape index (κ1) is 20.4. The zero-order valence-corrected chi connectivity index (χ0v) is 16.9. The van der Waals surface area contributed by atoms with Gasteiger partial charge in [-0.1, -0.05) is 36.4 Å². The number of benzene rings is 3. The fourth-order valence-electron chi connectivity index (χ4n) is 2.61. The Morgan fingerprint density at radius 1 is 0.862 bits per heavy atom. The van der Waals surface area contributed by atoms with E-state index >= 15 is 0 Å². The summed E-state index contributed by atoms with van der Waals surface area (Å²) in [5, 5.41) is 2.73. The number of ether oxygens (including phenoxy) is 1. The standard InChI is InChI=1S/C22H22N2O4S/c1-16-8-6-7-11-21(16)28-17(2)22(25)23-18-12-14-20(15-13-18)29(26,27)24-19-9-4-3-5-10-19/h3-15,17,24H,1-2H3,(H,23,25)/t17-/m0/s1. The molecule has 0 aliphatic rings. The van der Waals surface area contributed by atoms with Crippen molar-refractivity contribution in [1.82, 2.24) is 0 Å². The van der Waals surface area contributed by atoms with Gasteiger partial charge in [-0.25, -0.2) is 8.42 Å². The predicted molar refractivity (Wildman–Crippen MR) is 114 cm³/mol. The average molecular weight is 410 g/mol. The van der Waals surface area contributed by atoms with E-state index in [1.807, 2.05) is 25.1 Å². The fraction of sp³-hybridized carbons (Fsp3) is 0.136. The van der Waals surface area contributed by atoms with Crippen LogP contribution in [-0.2, 0) is 14.8 Å². The van der Waals surface area contributed by atoms with Crippen LogP contribution < -0.4 is 14.8 Å². The van der Waals surface area contributed by atoms with Gasteiger partial charge in [0.25, 0.3) is 15.9 Å². The SMILES string of the molecule is Cc1ccccc1O[C@@H](C)C(=O)Nc1ccc(S(=O)(=O)Nc2ccccc2)cc1. The lowest BCUT2D eigenvalue weighted by Gasteiger charge is -2.16. The summed E-state index contributed by atoms with van der Waals surface area (Å²) in [6.07, 6.45) is -0.709. The fourth-order valence-corrected chi connectivity index (χ4v) is 3.67. The molecular formula is C22H22N2O4S. The summed E-state index contributed by atoms with van der Waals surface area (Å²) in [5.74, 6) is 0.315. The summed E-state index contributed by atoms with van der Waals surface area (Å²) in [7, 11) is -3.71. The molecule has 3 rings (SSSR count). The van der Waals surface area contributed by atoms with E-state index in [-0.39, 0.29) is 10.8 Å². The molecule has 6 nitrogen and oxygen atoms in total. The second-order valence-electron chi connectivity index (χ2n) is 6.51. The molecule has 0 heterocycles. The highest BCUT2D eigenvalue weighted by Crippen LogP contribution is 2.20. The van der Waals surface area contributed by atoms with Crippen molar-refractivity contribution in [3.63, 3.8) is 0 Å². The quantitative estimate of drug-likeness (QED) is 0.611. The molecule has 1 atom stereocenters. The molecule has 0 radical (unpaired) electrons. The first-order chi connectivity index (χ1) is 13.8. The normalized spacial score (nSPS) is 12.1. The molecule has 0 fully saturated rings. The summed E-state index contributed by atoms with van der Waals surface area (Å²) in [6, 6.07) is 22.0. The Hall–Kier alpha value is -3.32. The van der Waals surface area contributed by atoms with Crippen molar-refractivity contribution in [2.75, 3.05) is 10.0 Å². The van der Waals surface area contributed by atoms with E-state index in [1.54, 1.807) is 43.3 Å². The van der Waals surface area contributed by atoms with Crippen molar-refractivity contribution in [2.24, 2.45) is 0 Å². The summed E-state index contributed by atoms with van der Waals surface area (Å²) in [6.45, 7) is 3.56. The van der Waals surface area contributed by atoms with Crippen LogP contribution in [0.2, 0.25) is 0 Å². The lowest BCUT2D eigenvalue weighted by atomic mass is 10.2. The third-order valence-electron chi connectivity index (χ3n) is 4.22. The van der Waals surface area contributed by atoms with Crippen LogP contribution in [0.3, 0.4) is 0 Å². The molecule has 29 heavy (non-hydrogen) atoms. The molecule has 0 unspecified atom stereocenters. The van der Waals surface area contributed by atoms with Crippen LogP contribution in [0.4, 0.5) is 11.4 Å². The van der Waals surface area contributed by atoms with Crippen molar-refractivity contribution in [3.8, 4) is 5.75 Å². The number of amides is 1. The lowest BCUT2D eigenvalue weighted by Crippen LogP contribution is -2.30. The maximum Gasteiger partial charge on any atom is 0.265 e. The molecule has 150 valence electrons. The third kappa shape index (κ3) is 5.36. The van der Waals surface area contributed by atoms with Gasteiger partial charge in [0, 0.05) is 11.4 Å². The number of carbonyl (C=O) groups excluding carboxylic acids is 1. The molecular weight excluding hydrogens is 388 g/mol. The third-order valence-corrected chi connectivity index (χ3v) is 5.62. The van der Waals surface area contributed by atoms with Crippen LogP contribution in [-0.4, -0.2) is 20.4 Å². The summed E-state index contributed by atoms with van der Waals surface area (Å²) in [4.78, 5) is 12.5. The van der Waals surface area contributed by atoms with Crippen LogP contribution in [0.5, 0.6) is 5.75 Å². The highest BCUT2D eigenvalue weighted by Gasteiger charge is 2.17. The molecule has 1 amide bonds. The lowest BCUT2D eigenvalue weighted by molar-refractivity contribution is -0.122. The number of anilines is 2. The van der Waals surface area contributed by atoms with Crippen LogP contribution in [0.25, 0.3) is 0 Å². The molecule has 3 aromatic rings. The monoisotopic (exact) mass is 410 g/mol. The number of nitrogens with one attached hydrogen (secondary N) is 2. The Labute approximate surface area is 170 Å². The van der Waals surface area contributed by atoms with Crippen molar-refractivity contribution < 1.29 is 17.9 Å². The van der Waals surface area contributed by atoms with E-state index in [9.17, 15) is 13.2 Å². The number of carbonyl (C=O) groups is 1. The van der Waals surface area contributed by atoms with Crippen LogP contribution in [0.1, 0.15) is 12.5 Å². The minimum absolute atomic E-state index is 0.101. The number of para-hydroxylation sites is 2. The highest BCUT2D eigenvalue weighted by molar-refractivity contribution is 7.92. The largest absolute Gasteiger partial charge is 0.481 e. The molecule has 0 aliphatic heterocycles. The van der Waals surface area contributed by atoms with Gasteiger partial charge in [-0.05, 0) is 61.9 Å². The first-order valence-electron chi connectivity index (χ1n) is 9.06. The zero-order valence-electron chi connectivity index (χ0n) is 16.1. The van der Waals surface area contributed by atoms with E-state index < -0.39 is 16.1 Å². The molecule has 2 N–H and O–H groups in total. The van der Waals surface area contributed by atoms with Crippen LogP contribution >= 0.6 is 0 Å². The Kier molecular flexibility index (Phi) is 6.19. The van der Waals surface area contributed by atoms with E-state index in [1.165, 1.54) is 24.3 Å². The smallest absolute Gasteiger partial charge is 0.265 e. The highest BCUT2D eigenvalue weighted by atomic mass is 32.2. The van der Waals surface area contributed by atoms with Crippen LogP contribution in [0.15, 0.2) is 83.8 Å². The van der Waals surface area contributed by atoms with E-state index in [4.69, 9.17) is 4.74 Å². The van der Waals surface area contributed by atoms with Gasteiger partial charge in [0.1, 0.15) is 5.75 Å². The van der Waals surface area contributed by atoms with Gasteiger partial charge in [0.05, 0.1) is 4.90 Å². The maximum atomic E-state index is 12.5. The minimum Gasteiger partial charge on any atom is -0.481 e. The topological polar surface area (TPSA) is 84.5 Å². The van der Waals surface area contributed by atoms with E-state index in [0.29, 0.717) is 17.1 Å². The predicted octanol–water partition coefficient (Wildman–Crippen LogP) is 4.20. The van der Waals surface area contributed by atoms with Gasteiger partial charge in [0.2, 0.25) is 0 Å². The number of aryl methyl sites for hydroxylation is 1. The number of sulfonamides is 1. The summed E-state index contributed by atoms with van der Waals surface area (Å²) in [5.41, 5.74) is 1.90. The Bertz CT molecular complexity index is 1080. The molecule has 0 aliphatic carbocycles. The van der Waals surface area contributed by atoms with Gasteiger partial charge >= 0.3 is 0 Å². The Balaban J connectivity index is 1.64. The van der Waals surface area contributed by atoms with E-state index in [0.717, 1.165) is 5.56 Å². The Morgan fingerprint density at radius 3 is 2.14 bits per heavy atom. The average Bonchev–Trinajstić information content (AvgIpc) is 2.70.